The molecule has 0 aliphatic carbocycles. The van der Waals surface area contributed by atoms with Crippen LogP contribution < -0.4 is 0 Å². The van der Waals surface area contributed by atoms with Gasteiger partial charge in [0.1, 0.15) is 5.69 Å². The summed E-state index contributed by atoms with van der Waals surface area (Å²) in [7, 11) is 0. The molecule has 6 heteroatoms. The fourth-order valence-electron chi connectivity index (χ4n) is 5.06. The lowest BCUT2D eigenvalue weighted by atomic mass is 9.95. The minimum atomic E-state index is 0.102. The highest BCUT2D eigenvalue weighted by Crippen LogP contribution is 2.23. The Morgan fingerprint density at radius 3 is 2.62 bits per heavy atom. The van der Waals surface area contributed by atoms with Crippen molar-refractivity contribution in [2.75, 3.05) is 32.8 Å². The highest BCUT2D eigenvalue weighted by atomic mass is 16.5. The molecule has 2 fully saturated rings. The minimum absolute atomic E-state index is 0.102. The number of amides is 1. The topological polar surface area (TPSA) is 50.6 Å². The van der Waals surface area contributed by atoms with E-state index in [1.807, 2.05) is 24.6 Å². The van der Waals surface area contributed by atoms with Crippen LogP contribution in [0.25, 0.3) is 0 Å². The van der Waals surface area contributed by atoms with Crippen LogP contribution in [-0.2, 0) is 17.8 Å². The van der Waals surface area contributed by atoms with Crippen LogP contribution in [0, 0.1) is 19.8 Å². The number of hydrogen-bond acceptors (Lipinski definition) is 4. The number of aryl methyl sites for hydroxylation is 3. The van der Waals surface area contributed by atoms with E-state index in [0.717, 1.165) is 64.2 Å². The van der Waals surface area contributed by atoms with Gasteiger partial charge in [-0.05, 0) is 82.7 Å². The maximum atomic E-state index is 13.5. The number of aromatic nitrogens is 2. The van der Waals surface area contributed by atoms with Gasteiger partial charge in [-0.25, -0.2) is 0 Å². The summed E-state index contributed by atoms with van der Waals surface area (Å²) in [5.74, 6) is 0.637. The molecular weight excluding hydrogens is 400 g/mol. The maximum Gasteiger partial charge on any atom is 0.272 e. The lowest BCUT2D eigenvalue weighted by Crippen LogP contribution is -2.44. The highest BCUT2D eigenvalue weighted by molar-refractivity contribution is 5.92. The molecular formula is C26H38N4O2. The normalized spacial score (nSPS) is 20.0. The van der Waals surface area contributed by atoms with Gasteiger partial charge in [0.2, 0.25) is 0 Å². The second kappa shape index (κ2) is 10.6. The molecule has 1 amide bonds. The van der Waals surface area contributed by atoms with Crippen LogP contribution >= 0.6 is 0 Å². The summed E-state index contributed by atoms with van der Waals surface area (Å²) in [6.45, 7) is 12.4. The highest BCUT2D eigenvalue weighted by Gasteiger charge is 2.29. The van der Waals surface area contributed by atoms with Crippen LogP contribution in [0.2, 0.25) is 0 Å². The van der Waals surface area contributed by atoms with Crippen molar-refractivity contribution in [1.29, 1.82) is 0 Å². The third kappa shape index (κ3) is 5.59. The van der Waals surface area contributed by atoms with E-state index in [2.05, 4.69) is 46.1 Å². The van der Waals surface area contributed by atoms with Gasteiger partial charge in [-0.3, -0.25) is 14.4 Å². The summed E-state index contributed by atoms with van der Waals surface area (Å²) in [6.07, 6.45) is 4.57. The Hall–Kier alpha value is -2.18. The summed E-state index contributed by atoms with van der Waals surface area (Å²) in [5, 5.41) is 4.50. The Morgan fingerprint density at radius 1 is 1.16 bits per heavy atom. The minimum Gasteiger partial charge on any atom is -0.376 e. The maximum absolute atomic E-state index is 13.5. The second-order valence-electron chi connectivity index (χ2n) is 9.48. The molecule has 4 rings (SSSR count). The third-order valence-electron chi connectivity index (χ3n) is 7.00. The monoisotopic (exact) mass is 438 g/mol. The molecule has 2 saturated heterocycles. The number of rotatable bonds is 8. The van der Waals surface area contributed by atoms with E-state index in [0.29, 0.717) is 24.7 Å². The van der Waals surface area contributed by atoms with Crippen LogP contribution in [0.5, 0.6) is 0 Å². The number of nitrogens with zero attached hydrogens (tertiary/aromatic N) is 4. The molecule has 1 aromatic heterocycles. The molecule has 0 radical (unpaired) electrons. The molecule has 0 saturated carbocycles. The summed E-state index contributed by atoms with van der Waals surface area (Å²) < 4.78 is 7.73. The number of ether oxygens (including phenoxy) is 1. The summed E-state index contributed by atoms with van der Waals surface area (Å²) in [6, 6.07) is 10.6. The van der Waals surface area contributed by atoms with Crippen molar-refractivity contribution in [1.82, 2.24) is 19.6 Å². The Kier molecular flexibility index (Phi) is 7.63. The molecule has 1 atom stereocenters. The average molecular weight is 439 g/mol. The molecule has 1 aromatic carbocycles. The smallest absolute Gasteiger partial charge is 0.272 e. The molecule has 174 valence electrons. The van der Waals surface area contributed by atoms with Crippen LogP contribution in [0.3, 0.4) is 0 Å². The Bertz CT molecular complexity index is 895. The number of carbonyl (C=O) groups excluding carboxylic acids is 1. The number of likely N-dealkylation sites (tertiary alicyclic amines) is 1. The predicted molar refractivity (Wildman–Crippen MR) is 127 cm³/mol. The van der Waals surface area contributed by atoms with Crippen molar-refractivity contribution in [3.05, 3.63) is 52.8 Å². The van der Waals surface area contributed by atoms with E-state index >= 15 is 0 Å². The van der Waals surface area contributed by atoms with E-state index in [1.165, 1.54) is 11.1 Å². The zero-order chi connectivity index (χ0) is 22.5. The van der Waals surface area contributed by atoms with Crippen molar-refractivity contribution in [2.45, 2.75) is 65.6 Å². The van der Waals surface area contributed by atoms with E-state index in [4.69, 9.17) is 4.74 Å². The molecule has 32 heavy (non-hydrogen) atoms. The molecule has 2 aliphatic rings. The van der Waals surface area contributed by atoms with Crippen LogP contribution in [0.4, 0.5) is 0 Å². The fraction of sp³-hybridized carbons (Fsp3) is 0.615. The molecule has 3 heterocycles. The molecule has 2 aliphatic heterocycles. The van der Waals surface area contributed by atoms with Crippen molar-refractivity contribution in [3.63, 3.8) is 0 Å². The zero-order valence-electron chi connectivity index (χ0n) is 19.9. The molecule has 2 aromatic rings. The van der Waals surface area contributed by atoms with Crippen molar-refractivity contribution in [3.8, 4) is 0 Å². The molecule has 0 spiro atoms. The van der Waals surface area contributed by atoms with Gasteiger partial charge in [-0.2, -0.15) is 5.10 Å². The number of carbonyl (C=O) groups is 1. The largest absolute Gasteiger partial charge is 0.376 e. The fourth-order valence-corrected chi connectivity index (χ4v) is 5.06. The summed E-state index contributed by atoms with van der Waals surface area (Å²) in [5.41, 5.74) is 4.40. The van der Waals surface area contributed by atoms with E-state index in [1.54, 1.807) is 0 Å². The van der Waals surface area contributed by atoms with Crippen molar-refractivity contribution in [2.24, 2.45) is 5.92 Å². The van der Waals surface area contributed by atoms with Crippen LogP contribution in [0.15, 0.2) is 30.3 Å². The first-order valence-electron chi connectivity index (χ1n) is 12.3. The van der Waals surface area contributed by atoms with Crippen LogP contribution in [-0.4, -0.2) is 64.4 Å². The molecule has 0 N–H and O–H groups in total. The standard InChI is InChI=1S/C26H38N4O2/c1-4-30-25(16-21(3)27-30)26(31)29(19-24-10-7-15-32-24)17-22-11-13-28(14-12-22)18-23-9-6-5-8-20(23)2/h5-6,8-9,16,22,24H,4,7,10-15,17-19H2,1-3H3/t24-/m1/s1. The molecule has 6 nitrogen and oxygen atoms in total. The molecule has 0 unspecified atom stereocenters. The average Bonchev–Trinajstić information content (AvgIpc) is 3.45. The second-order valence-corrected chi connectivity index (χ2v) is 9.48. The Labute approximate surface area is 192 Å². The predicted octanol–water partition coefficient (Wildman–Crippen LogP) is 4.05. The Balaban J connectivity index is 1.39. The van der Waals surface area contributed by atoms with Gasteiger partial charge in [0.05, 0.1) is 11.8 Å². The number of piperidine rings is 1. The van der Waals surface area contributed by atoms with Gasteiger partial charge in [-0.15, -0.1) is 0 Å². The van der Waals surface area contributed by atoms with Gasteiger partial charge < -0.3 is 9.64 Å². The van der Waals surface area contributed by atoms with Gasteiger partial charge in [-0.1, -0.05) is 24.3 Å². The first-order chi connectivity index (χ1) is 15.5. The zero-order valence-corrected chi connectivity index (χ0v) is 19.9. The third-order valence-corrected chi connectivity index (χ3v) is 7.00. The quantitative estimate of drug-likeness (QED) is 0.624. The van der Waals surface area contributed by atoms with E-state index < -0.39 is 0 Å². The SMILES string of the molecule is CCn1nc(C)cc1C(=O)N(CC1CCN(Cc2ccccc2C)CC1)C[C@H]1CCCO1. The van der Waals surface area contributed by atoms with Crippen molar-refractivity contribution < 1.29 is 9.53 Å². The van der Waals surface area contributed by atoms with Gasteiger partial charge in [0.25, 0.3) is 5.91 Å². The summed E-state index contributed by atoms with van der Waals surface area (Å²) >= 11 is 0. The summed E-state index contributed by atoms with van der Waals surface area (Å²) in [4.78, 5) is 18.2. The van der Waals surface area contributed by atoms with Crippen LogP contribution in [0.1, 0.15) is 59.9 Å². The Morgan fingerprint density at radius 2 is 1.94 bits per heavy atom. The van der Waals surface area contributed by atoms with Crippen molar-refractivity contribution >= 4 is 5.91 Å². The van der Waals surface area contributed by atoms with E-state index in [-0.39, 0.29) is 12.0 Å². The number of benzene rings is 1. The lowest BCUT2D eigenvalue weighted by molar-refractivity contribution is 0.0436. The van der Waals surface area contributed by atoms with Gasteiger partial charge >= 0.3 is 0 Å². The van der Waals surface area contributed by atoms with Gasteiger partial charge in [0, 0.05) is 32.8 Å². The first-order valence-corrected chi connectivity index (χ1v) is 12.3. The van der Waals surface area contributed by atoms with Gasteiger partial charge in [0.15, 0.2) is 0 Å². The first kappa shape index (κ1) is 23.0. The lowest BCUT2D eigenvalue weighted by Gasteiger charge is -2.35. The number of hydrogen-bond donors (Lipinski definition) is 0. The molecule has 0 bridgehead atoms. The van der Waals surface area contributed by atoms with E-state index in [9.17, 15) is 4.79 Å².